The van der Waals surface area contributed by atoms with Crippen LogP contribution in [0.15, 0.2) is 11.1 Å². The van der Waals surface area contributed by atoms with Gasteiger partial charge in [-0.15, -0.1) is 0 Å². The summed E-state index contributed by atoms with van der Waals surface area (Å²) in [5.74, 6) is 0.0729. The number of carbonyl (C=O) groups excluding carboxylic acids is 3. The molecule has 7 aliphatic rings. The van der Waals surface area contributed by atoms with Crippen LogP contribution in [0.25, 0.3) is 0 Å². The number of allylic oxidation sites excluding steroid dienone is 2. The smallest absolute Gasteiger partial charge is 0.318 e. The van der Waals surface area contributed by atoms with Gasteiger partial charge in [-0.25, -0.2) is 0 Å². The van der Waals surface area contributed by atoms with Crippen molar-refractivity contribution in [3.05, 3.63) is 11.1 Å². The maximum atomic E-state index is 12.4. The van der Waals surface area contributed by atoms with Crippen LogP contribution in [0, 0.1) is 53.3 Å². The number of cyclic esters (lactones) is 2. The van der Waals surface area contributed by atoms with E-state index in [1.165, 1.54) is 30.4 Å². The SMILES string of the molecule is CCOC(=O)C1[C@@H]2[C@@H]3C4=C([C@@H]5CC[C@H]4C5)[C@@H]([C@@H]4C(=O)OC(=O)[C@@H]43)[C@H]12. The summed E-state index contributed by atoms with van der Waals surface area (Å²) in [6.07, 6.45) is 3.60. The molecule has 7 rings (SSSR count). The van der Waals surface area contributed by atoms with Crippen LogP contribution in [0.5, 0.6) is 0 Å². The topological polar surface area (TPSA) is 69.7 Å². The molecule has 5 nitrogen and oxygen atoms in total. The Morgan fingerprint density at radius 3 is 2.04 bits per heavy atom. The van der Waals surface area contributed by atoms with E-state index in [-0.39, 0.29) is 59.3 Å². The second-order valence-electron chi connectivity index (χ2n) is 8.39. The van der Waals surface area contributed by atoms with Crippen LogP contribution in [0.2, 0.25) is 0 Å². The van der Waals surface area contributed by atoms with Crippen LogP contribution in [0.1, 0.15) is 26.2 Å². The van der Waals surface area contributed by atoms with Gasteiger partial charge in [-0.2, -0.15) is 0 Å². The number of hydrogen-bond donors (Lipinski definition) is 0. The molecule has 0 aromatic heterocycles. The highest BCUT2D eigenvalue weighted by Crippen LogP contribution is 2.77. The predicted octanol–water partition coefficient (Wildman–Crippen LogP) is 1.71. The third-order valence-electron chi connectivity index (χ3n) is 7.79. The average molecular weight is 328 g/mol. The summed E-state index contributed by atoms with van der Waals surface area (Å²) < 4.78 is 10.3. The van der Waals surface area contributed by atoms with Crippen LogP contribution in [-0.4, -0.2) is 24.5 Å². The molecule has 0 spiro atoms. The van der Waals surface area contributed by atoms with Gasteiger partial charge in [0.15, 0.2) is 0 Å². The van der Waals surface area contributed by atoms with Gasteiger partial charge in [0.1, 0.15) is 0 Å². The van der Waals surface area contributed by atoms with Crippen molar-refractivity contribution in [1.82, 2.24) is 0 Å². The van der Waals surface area contributed by atoms with Crippen molar-refractivity contribution in [2.75, 3.05) is 6.61 Å². The monoisotopic (exact) mass is 328 g/mol. The lowest BCUT2D eigenvalue weighted by molar-refractivity contribution is -0.154. The Hall–Kier alpha value is -1.65. The third-order valence-corrected chi connectivity index (χ3v) is 7.79. The molecule has 1 saturated heterocycles. The van der Waals surface area contributed by atoms with Crippen molar-refractivity contribution in [1.29, 1.82) is 0 Å². The molecule has 1 unspecified atom stereocenters. The van der Waals surface area contributed by atoms with E-state index in [2.05, 4.69) is 0 Å². The minimum absolute atomic E-state index is 0.0589. The first-order chi connectivity index (χ1) is 11.6. The van der Waals surface area contributed by atoms with Crippen molar-refractivity contribution < 1.29 is 23.9 Å². The van der Waals surface area contributed by atoms with Gasteiger partial charge in [0.25, 0.3) is 0 Å². The Morgan fingerprint density at radius 1 is 1.00 bits per heavy atom. The third kappa shape index (κ3) is 1.31. The lowest BCUT2D eigenvalue weighted by Crippen LogP contribution is -2.46. The maximum absolute atomic E-state index is 12.4. The molecule has 0 radical (unpaired) electrons. The van der Waals surface area contributed by atoms with Gasteiger partial charge in [-0.1, -0.05) is 11.1 Å². The molecule has 24 heavy (non-hydrogen) atoms. The van der Waals surface area contributed by atoms with Crippen LogP contribution in [-0.2, 0) is 23.9 Å². The summed E-state index contributed by atoms with van der Waals surface area (Å²) in [4.78, 5) is 37.2. The highest BCUT2D eigenvalue weighted by molar-refractivity contribution is 5.99. The van der Waals surface area contributed by atoms with E-state index in [0.29, 0.717) is 18.4 Å². The molecule has 4 bridgehead atoms. The summed E-state index contributed by atoms with van der Waals surface area (Å²) in [5, 5.41) is 0. The van der Waals surface area contributed by atoms with E-state index < -0.39 is 0 Å². The minimum Gasteiger partial charge on any atom is -0.466 e. The number of rotatable bonds is 2. The van der Waals surface area contributed by atoms with Gasteiger partial charge in [0.05, 0.1) is 24.4 Å². The van der Waals surface area contributed by atoms with Crippen molar-refractivity contribution >= 4 is 17.9 Å². The lowest BCUT2D eigenvalue weighted by atomic mass is 9.54. The van der Waals surface area contributed by atoms with Crippen molar-refractivity contribution in [2.24, 2.45) is 53.3 Å². The first-order valence-corrected chi connectivity index (χ1v) is 9.29. The summed E-state index contributed by atoms with van der Waals surface area (Å²) in [6.45, 7) is 2.21. The largest absolute Gasteiger partial charge is 0.466 e. The standard InChI is InChI=1S/C19H20O5/c1-2-23-17(20)14-12-10-8-6-3-4-7(5-6)9(8)11(13(12)14)16-15(10)18(21)24-19(16)22/h6-7,10-16H,2-5H2,1H3/t6-,7+,10-,11+,12+,13-,14?,15+,16-. The second-order valence-corrected chi connectivity index (χ2v) is 8.39. The fourth-order valence-electron chi connectivity index (χ4n) is 7.33. The van der Waals surface area contributed by atoms with Crippen molar-refractivity contribution in [3.8, 4) is 0 Å². The quantitative estimate of drug-likeness (QED) is 0.438. The van der Waals surface area contributed by atoms with E-state index in [1.54, 1.807) is 0 Å². The van der Waals surface area contributed by atoms with E-state index in [0.717, 1.165) is 0 Å². The van der Waals surface area contributed by atoms with Gasteiger partial charge < -0.3 is 9.47 Å². The molecular formula is C19H20O5. The zero-order chi connectivity index (χ0) is 16.3. The van der Waals surface area contributed by atoms with Crippen LogP contribution >= 0.6 is 0 Å². The Labute approximate surface area is 139 Å². The van der Waals surface area contributed by atoms with Gasteiger partial charge in [0, 0.05) is 0 Å². The van der Waals surface area contributed by atoms with Crippen molar-refractivity contribution in [3.63, 3.8) is 0 Å². The van der Waals surface area contributed by atoms with E-state index >= 15 is 0 Å². The molecule has 1 heterocycles. The molecule has 0 N–H and O–H groups in total. The van der Waals surface area contributed by atoms with Gasteiger partial charge in [-0.05, 0) is 61.7 Å². The Bertz CT molecular complexity index is 686. The first-order valence-electron chi connectivity index (χ1n) is 9.29. The molecule has 9 atom stereocenters. The summed E-state index contributed by atoms with van der Waals surface area (Å²) >= 11 is 0. The molecule has 1 aliphatic heterocycles. The highest BCUT2D eigenvalue weighted by Gasteiger charge is 2.78. The van der Waals surface area contributed by atoms with Gasteiger partial charge in [0.2, 0.25) is 0 Å². The predicted molar refractivity (Wildman–Crippen MR) is 80.0 cm³/mol. The Morgan fingerprint density at radius 2 is 1.54 bits per heavy atom. The molecule has 4 fully saturated rings. The zero-order valence-corrected chi connectivity index (χ0v) is 13.6. The molecule has 3 saturated carbocycles. The molecule has 126 valence electrons. The molecular weight excluding hydrogens is 308 g/mol. The zero-order valence-electron chi connectivity index (χ0n) is 13.6. The maximum Gasteiger partial charge on any atom is 0.318 e. The molecule has 0 amide bonds. The lowest BCUT2D eigenvalue weighted by Gasteiger charge is -2.46. The van der Waals surface area contributed by atoms with Crippen molar-refractivity contribution in [2.45, 2.75) is 26.2 Å². The van der Waals surface area contributed by atoms with E-state index in [4.69, 9.17) is 9.47 Å². The first kappa shape index (κ1) is 13.6. The Balaban J connectivity index is 1.49. The fraction of sp³-hybridized carbons (Fsp3) is 0.737. The van der Waals surface area contributed by atoms with E-state index in [9.17, 15) is 14.4 Å². The minimum atomic E-state index is -0.345. The number of fused-ring (bicyclic) bond motifs is 2. The molecule has 0 aromatic rings. The van der Waals surface area contributed by atoms with Crippen LogP contribution < -0.4 is 0 Å². The average Bonchev–Trinajstić information content (AvgIpc) is 2.84. The molecule has 0 aromatic carbocycles. The molecule has 6 aliphatic carbocycles. The summed E-state index contributed by atoms with van der Waals surface area (Å²) in [6, 6.07) is 0. The summed E-state index contributed by atoms with van der Waals surface area (Å²) in [5.41, 5.74) is 2.91. The normalized spacial score (nSPS) is 52.1. The number of ether oxygens (including phenoxy) is 2. The van der Waals surface area contributed by atoms with Gasteiger partial charge in [-0.3, -0.25) is 14.4 Å². The number of hydrogen-bond acceptors (Lipinski definition) is 5. The summed E-state index contributed by atoms with van der Waals surface area (Å²) in [7, 11) is 0. The highest BCUT2D eigenvalue weighted by atomic mass is 16.6. The van der Waals surface area contributed by atoms with Gasteiger partial charge >= 0.3 is 17.9 Å². The second kappa shape index (κ2) is 4.12. The van der Waals surface area contributed by atoms with Crippen LogP contribution in [0.4, 0.5) is 0 Å². The van der Waals surface area contributed by atoms with Crippen LogP contribution in [0.3, 0.4) is 0 Å². The molecule has 5 heteroatoms. The number of carbonyl (C=O) groups is 3. The number of esters is 3. The Kier molecular flexibility index (Phi) is 2.34. The fourth-order valence-corrected chi connectivity index (χ4v) is 7.33. The van der Waals surface area contributed by atoms with E-state index in [1.807, 2.05) is 6.92 Å².